The lowest BCUT2D eigenvalue weighted by molar-refractivity contribution is -0.130. The molecule has 4 rings (SSSR count). The summed E-state index contributed by atoms with van der Waals surface area (Å²) < 4.78 is 1.09. The maximum atomic E-state index is 12.6. The van der Waals surface area contributed by atoms with Crippen molar-refractivity contribution in [3.63, 3.8) is 0 Å². The van der Waals surface area contributed by atoms with E-state index >= 15 is 0 Å². The van der Waals surface area contributed by atoms with Crippen LogP contribution in [0.1, 0.15) is 25.0 Å². The Morgan fingerprint density at radius 2 is 1.70 bits per heavy atom. The lowest BCUT2D eigenvalue weighted by Crippen LogP contribution is -2.37. The molecule has 8 heteroatoms. The average molecular weight is 446 g/mol. The van der Waals surface area contributed by atoms with Gasteiger partial charge in [0.05, 0.1) is 16.5 Å². The number of rotatable bonds is 9. The van der Waals surface area contributed by atoms with E-state index in [-0.39, 0.29) is 23.6 Å². The van der Waals surface area contributed by atoms with E-state index in [1.54, 1.807) is 36.2 Å². The summed E-state index contributed by atoms with van der Waals surface area (Å²) in [4.78, 5) is 38.9. The number of nitrogens with zero attached hydrogens (tertiary/aromatic N) is 3. The zero-order chi connectivity index (χ0) is 23.2. The monoisotopic (exact) mass is 445 g/mol. The zero-order valence-corrected chi connectivity index (χ0v) is 18.6. The quantitative estimate of drug-likeness (QED) is 0.387. The molecule has 0 saturated heterocycles. The summed E-state index contributed by atoms with van der Waals surface area (Å²) in [5.74, 6) is -0.218. The summed E-state index contributed by atoms with van der Waals surface area (Å²) in [6.07, 6.45) is 3.69. The number of hydrogen-bond donors (Lipinski definition) is 2. The van der Waals surface area contributed by atoms with Crippen LogP contribution in [0.5, 0.6) is 0 Å². The number of aromatic amines is 2. The van der Waals surface area contributed by atoms with Crippen molar-refractivity contribution in [1.82, 2.24) is 24.9 Å². The van der Waals surface area contributed by atoms with Crippen LogP contribution in [0.25, 0.3) is 22.0 Å². The Kier molecular flexibility index (Phi) is 6.83. The van der Waals surface area contributed by atoms with E-state index in [1.165, 1.54) is 0 Å². The van der Waals surface area contributed by atoms with Crippen molar-refractivity contribution in [2.24, 2.45) is 0 Å². The maximum absolute atomic E-state index is 12.6. The predicted octanol–water partition coefficient (Wildman–Crippen LogP) is 2.95. The third kappa shape index (κ3) is 5.28. The number of aromatic nitrogens is 4. The van der Waals surface area contributed by atoms with Crippen molar-refractivity contribution < 1.29 is 4.79 Å². The van der Waals surface area contributed by atoms with Crippen molar-refractivity contribution in [1.29, 1.82) is 0 Å². The SMILES string of the molecule is CN(CCCCCc1cc(-c2ccccc2)n[nH]1)C(=O)Cn1[nH]c(=O)c2ccccc2c1=O. The summed E-state index contributed by atoms with van der Waals surface area (Å²) in [6, 6.07) is 18.7. The number of nitrogens with one attached hydrogen (secondary N) is 2. The van der Waals surface area contributed by atoms with E-state index in [1.807, 2.05) is 30.3 Å². The second-order valence-electron chi connectivity index (χ2n) is 8.15. The number of aryl methyl sites for hydroxylation is 1. The molecule has 170 valence electrons. The summed E-state index contributed by atoms with van der Waals surface area (Å²) in [5.41, 5.74) is 2.37. The van der Waals surface area contributed by atoms with E-state index in [2.05, 4.69) is 21.4 Å². The predicted molar refractivity (Wildman–Crippen MR) is 128 cm³/mol. The molecular formula is C25H27N5O3. The highest BCUT2D eigenvalue weighted by Crippen LogP contribution is 2.18. The highest BCUT2D eigenvalue weighted by molar-refractivity contribution is 5.81. The Labute approximate surface area is 190 Å². The van der Waals surface area contributed by atoms with Gasteiger partial charge in [0.1, 0.15) is 6.54 Å². The van der Waals surface area contributed by atoms with Crippen LogP contribution >= 0.6 is 0 Å². The lowest BCUT2D eigenvalue weighted by Gasteiger charge is -2.17. The molecule has 2 aromatic heterocycles. The molecule has 2 aromatic carbocycles. The molecule has 0 radical (unpaired) electrons. The molecule has 0 saturated carbocycles. The number of carbonyl (C=O) groups is 1. The standard InChI is InChI=1S/C25H27N5O3/c1-29(23(31)17-30-25(33)21-14-8-7-13-20(21)24(32)28-30)15-9-3-6-12-19-16-22(27-26-19)18-10-4-2-5-11-18/h2,4-5,7-8,10-11,13-14,16H,3,6,9,12,15,17H2,1H3,(H,26,27)(H,28,32). The minimum atomic E-state index is -0.380. The van der Waals surface area contributed by atoms with Crippen molar-refractivity contribution in [3.8, 4) is 11.3 Å². The van der Waals surface area contributed by atoms with Crippen LogP contribution in [0.4, 0.5) is 0 Å². The van der Waals surface area contributed by atoms with Gasteiger partial charge in [0, 0.05) is 24.8 Å². The second kappa shape index (κ2) is 10.1. The number of unbranched alkanes of at least 4 members (excludes halogenated alkanes) is 2. The Balaban J connectivity index is 1.24. The van der Waals surface area contributed by atoms with Gasteiger partial charge in [0.2, 0.25) is 5.91 Å². The largest absolute Gasteiger partial charge is 0.344 e. The molecule has 0 aliphatic carbocycles. The first-order valence-electron chi connectivity index (χ1n) is 11.1. The van der Waals surface area contributed by atoms with Gasteiger partial charge in [-0.2, -0.15) is 5.10 Å². The van der Waals surface area contributed by atoms with Crippen LogP contribution in [0, 0.1) is 0 Å². The fraction of sp³-hybridized carbons (Fsp3) is 0.280. The first kappa shape index (κ1) is 22.3. The number of H-pyrrole nitrogens is 2. The normalized spacial score (nSPS) is 11.1. The summed E-state index contributed by atoms with van der Waals surface area (Å²) in [6.45, 7) is 0.398. The number of carbonyl (C=O) groups excluding carboxylic acids is 1. The van der Waals surface area contributed by atoms with Gasteiger partial charge >= 0.3 is 0 Å². The molecule has 0 aliphatic rings. The molecule has 0 atom stereocenters. The lowest BCUT2D eigenvalue weighted by atomic mass is 10.1. The number of hydrogen-bond acceptors (Lipinski definition) is 4. The van der Waals surface area contributed by atoms with Gasteiger partial charge in [-0.05, 0) is 37.5 Å². The van der Waals surface area contributed by atoms with E-state index in [9.17, 15) is 14.4 Å². The van der Waals surface area contributed by atoms with Crippen LogP contribution in [-0.2, 0) is 17.8 Å². The van der Waals surface area contributed by atoms with Crippen LogP contribution in [0.2, 0.25) is 0 Å². The molecule has 0 spiro atoms. The highest BCUT2D eigenvalue weighted by Gasteiger charge is 2.13. The fourth-order valence-electron chi connectivity index (χ4n) is 3.83. The number of benzene rings is 2. The van der Waals surface area contributed by atoms with Gasteiger partial charge in [0.15, 0.2) is 0 Å². The van der Waals surface area contributed by atoms with Gasteiger partial charge in [-0.3, -0.25) is 24.6 Å². The first-order chi connectivity index (χ1) is 16.0. The topological polar surface area (TPSA) is 104 Å². The van der Waals surface area contributed by atoms with Crippen LogP contribution in [0.15, 0.2) is 70.3 Å². The molecule has 0 fully saturated rings. The number of fused-ring (bicyclic) bond motifs is 1. The first-order valence-corrected chi connectivity index (χ1v) is 11.1. The minimum absolute atomic E-state index is 0.189. The van der Waals surface area contributed by atoms with Crippen molar-refractivity contribution in [2.45, 2.75) is 32.2 Å². The maximum Gasteiger partial charge on any atom is 0.273 e. The van der Waals surface area contributed by atoms with Gasteiger partial charge < -0.3 is 4.90 Å². The van der Waals surface area contributed by atoms with E-state index in [0.717, 1.165) is 47.3 Å². The number of amides is 1. The zero-order valence-electron chi connectivity index (χ0n) is 18.6. The fourth-order valence-corrected chi connectivity index (χ4v) is 3.83. The average Bonchev–Trinajstić information content (AvgIpc) is 3.31. The Bertz CT molecular complexity index is 1350. The van der Waals surface area contributed by atoms with Crippen LogP contribution in [0.3, 0.4) is 0 Å². The molecule has 0 aliphatic heterocycles. The molecule has 1 amide bonds. The Morgan fingerprint density at radius 3 is 2.48 bits per heavy atom. The smallest absolute Gasteiger partial charge is 0.273 e. The summed E-state index contributed by atoms with van der Waals surface area (Å²) in [5, 5.41) is 10.6. The third-order valence-corrected chi connectivity index (χ3v) is 5.74. The molecule has 8 nitrogen and oxygen atoms in total. The third-order valence-electron chi connectivity index (χ3n) is 5.74. The molecule has 2 N–H and O–H groups in total. The molecule has 33 heavy (non-hydrogen) atoms. The summed E-state index contributed by atoms with van der Waals surface area (Å²) >= 11 is 0. The molecule has 2 heterocycles. The van der Waals surface area contributed by atoms with E-state index < -0.39 is 0 Å². The van der Waals surface area contributed by atoms with E-state index in [0.29, 0.717) is 17.3 Å². The van der Waals surface area contributed by atoms with Crippen molar-refractivity contribution in [3.05, 3.63) is 87.1 Å². The molecule has 0 unspecified atom stereocenters. The van der Waals surface area contributed by atoms with Gasteiger partial charge in [-0.15, -0.1) is 0 Å². The van der Waals surface area contributed by atoms with Crippen molar-refractivity contribution >= 4 is 16.7 Å². The van der Waals surface area contributed by atoms with Gasteiger partial charge in [0.25, 0.3) is 11.1 Å². The van der Waals surface area contributed by atoms with Gasteiger partial charge in [-0.1, -0.05) is 48.9 Å². The van der Waals surface area contributed by atoms with Crippen LogP contribution in [-0.4, -0.2) is 44.4 Å². The van der Waals surface area contributed by atoms with Crippen molar-refractivity contribution in [2.75, 3.05) is 13.6 Å². The Morgan fingerprint density at radius 1 is 0.970 bits per heavy atom. The van der Waals surface area contributed by atoms with Gasteiger partial charge in [-0.25, -0.2) is 4.68 Å². The second-order valence-corrected chi connectivity index (χ2v) is 8.15. The van der Waals surface area contributed by atoms with E-state index in [4.69, 9.17) is 0 Å². The molecule has 0 bridgehead atoms. The Hall–Kier alpha value is -3.94. The summed E-state index contributed by atoms with van der Waals surface area (Å²) in [7, 11) is 1.72. The molecular weight excluding hydrogens is 418 g/mol. The number of likely N-dealkylation sites (N-methyl/N-ethyl adjacent to an activating group) is 1. The van der Waals surface area contributed by atoms with Crippen LogP contribution < -0.4 is 11.1 Å². The molecule has 4 aromatic rings. The highest BCUT2D eigenvalue weighted by atomic mass is 16.2. The minimum Gasteiger partial charge on any atom is -0.344 e.